The molecule has 2 aromatic heterocycles. The first kappa shape index (κ1) is 15.3. The fourth-order valence-electron chi connectivity index (χ4n) is 2.97. The van der Waals surface area contributed by atoms with Crippen LogP contribution in [0.25, 0.3) is 11.3 Å². The number of aromatic nitrogens is 4. The average Bonchev–Trinajstić information content (AvgIpc) is 3.36. The van der Waals surface area contributed by atoms with Crippen LogP contribution in [-0.4, -0.2) is 39.2 Å². The highest BCUT2D eigenvalue weighted by Gasteiger charge is 2.16. The van der Waals surface area contributed by atoms with Gasteiger partial charge in [-0.25, -0.2) is 9.97 Å². The molecule has 0 radical (unpaired) electrons. The molecule has 126 valence electrons. The summed E-state index contributed by atoms with van der Waals surface area (Å²) < 4.78 is 0. The van der Waals surface area contributed by atoms with E-state index in [4.69, 9.17) is 0 Å². The van der Waals surface area contributed by atoms with Crippen LogP contribution in [0.3, 0.4) is 0 Å². The van der Waals surface area contributed by atoms with Gasteiger partial charge in [-0.3, -0.25) is 9.89 Å². The maximum absolute atomic E-state index is 12.5. The maximum atomic E-state index is 12.5. The minimum atomic E-state index is -0.246. The van der Waals surface area contributed by atoms with E-state index in [1.165, 1.54) is 6.33 Å². The van der Waals surface area contributed by atoms with Crippen LogP contribution in [0.4, 0.5) is 11.5 Å². The molecule has 1 saturated heterocycles. The number of hydrogen-bond donors (Lipinski definition) is 2. The molecule has 0 spiro atoms. The molecule has 1 aliphatic heterocycles. The number of hydrogen-bond acceptors (Lipinski definition) is 5. The Labute approximate surface area is 145 Å². The maximum Gasteiger partial charge on any atom is 0.274 e. The lowest BCUT2D eigenvalue weighted by atomic mass is 10.1. The molecular formula is C18H18N6O. The smallest absolute Gasteiger partial charge is 0.274 e. The molecule has 7 heteroatoms. The van der Waals surface area contributed by atoms with Crippen molar-refractivity contribution in [3.8, 4) is 11.3 Å². The van der Waals surface area contributed by atoms with Crippen LogP contribution in [0.1, 0.15) is 23.3 Å². The molecule has 0 atom stereocenters. The predicted octanol–water partition coefficient (Wildman–Crippen LogP) is 2.72. The third-order valence-corrected chi connectivity index (χ3v) is 4.25. The zero-order valence-corrected chi connectivity index (χ0v) is 13.6. The molecule has 0 saturated carbocycles. The first-order valence-electron chi connectivity index (χ1n) is 8.28. The van der Waals surface area contributed by atoms with Gasteiger partial charge in [0.05, 0.1) is 5.69 Å². The van der Waals surface area contributed by atoms with Crippen molar-refractivity contribution in [2.75, 3.05) is 23.3 Å². The third-order valence-electron chi connectivity index (χ3n) is 4.25. The van der Waals surface area contributed by atoms with E-state index in [-0.39, 0.29) is 5.91 Å². The average molecular weight is 334 g/mol. The van der Waals surface area contributed by atoms with E-state index in [1.807, 2.05) is 30.3 Å². The van der Waals surface area contributed by atoms with Crippen molar-refractivity contribution < 1.29 is 4.79 Å². The largest absolute Gasteiger partial charge is 0.357 e. The lowest BCUT2D eigenvalue weighted by Gasteiger charge is -2.16. The van der Waals surface area contributed by atoms with Gasteiger partial charge in [-0.1, -0.05) is 12.1 Å². The van der Waals surface area contributed by atoms with Crippen LogP contribution in [0.2, 0.25) is 0 Å². The summed E-state index contributed by atoms with van der Waals surface area (Å²) in [6.45, 7) is 1.95. The summed E-state index contributed by atoms with van der Waals surface area (Å²) in [5.74, 6) is 0.563. The third kappa shape index (κ3) is 3.35. The number of amides is 1. The molecule has 25 heavy (non-hydrogen) atoms. The SMILES string of the molecule is O=C(Nc1cccc(-c2ccn[nH]2)c1)c1cc(N2CCCC2)ncn1. The summed E-state index contributed by atoms with van der Waals surface area (Å²) in [7, 11) is 0. The van der Waals surface area contributed by atoms with Crippen molar-refractivity contribution in [3.63, 3.8) is 0 Å². The molecule has 1 fully saturated rings. The van der Waals surface area contributed by atoms with Crippen LogP contribution < -0.4 is 10.2 Å². The second-order valence-corrected chi connectivity index (χ2v) is 5.96. The van der Waals surface area contributed by atoms with Gasteiger partial charge in [-0.05, 0) is 31.0 Å². The van der Waals surface area contributed by atoms with Gasteiger partial charge in [0.2, 0.25) is 0 Å². The second-order valence-electron chi connectivity index (χ2n) is 5.96. The molecule has 1 aromatic carbocycles. The van der Waals surface area contributed by atoms with Gasteiger partial charge in [0, 0.05) is 36.6 Å². The number of carbonyl (C=O) groups excluding carboxylic acids is 1. The molecule has 0 unspecified atom stereocenters. The molecule has 3 aromatic rings. The Kier molecular flexibility index (Phi) is 4.12. The van der Waals surface area contributed by atoms with Gasteiger partial charge in [-0.2, -0.15) is 5.10 Å². The van der Waals surface area contributed by atoms with Gasteiger partial charge < -0.3 is 10.2 Å². The van der Waals surface area contributed by atoms with Crippen LogP contribution in [-0.2, 0) is 0 Å². The van der Waals surface area contributed by atoms with Crippen molar-refractivity contribution in [2.45, 2.75) is 12.8 Å². The number of rotatable bonds is 4. The lowest BCUT2D eigenvalue weighted by molar-refractivity contribution is 0.102. The molecule has 0 bridgehead atoms. The number of carbonyl (C=O) groups is 1. The van der Waals surface area contributed by atoms with E-state index >= 15 is 0 Å². The minimum absolute atomic E-state index is 0.246. The summed E-state index contributed by atoms with van der Waals surface area (Å²) in [4.78, 5) is 23.1. The molecule has 3 heterocycles. The standard InChI is InChI=1S/C18H18N6O/c25-18(16-11-17(20-12-19-16)24-8-1-2-9-24)22-14-5-3-4-13(10-14)15-6-7-21-23-15/h3-7,10-12H,1-2,8-9H2,(H,21,23)(H,22,25). The zero-order valence-electron chi connectivity index (χ0n) is 13.6. The molecule has 0 aliphatic carbocycles. The summed E-state index contributed by atoms with van der Waals surface area (Å²) >= 11 is 0. The number of anilines is 2. The molecule has 1 amide bonds. The zero-order chi connectivity index (χ0) is 17.1. The second kappa shape index (κ2) is 6.72. The summed E-state index contributed by atoms with van der Waals surface area (Å²) in [6.07, 6.45) is 5.46. The van der Waals surface area contributed by atoms with Crippen LogP contribution in [0, 0.1) is 0 Å². The molecule has 4 rings (SSSR count). The number of H-pyrrole nitrogens is 1. The van der Waals surface area contributed by atoms with E-state index in [0.29, 0.717) is 11.4 Å². The van der Waals surface area contributed by atoms with E-state index < -0.39 is 0 Å². The van der Waals surface area contributed by atoms with E-state index in [2.05, 4.69) is 30.4 Å². The van der Waals surface area contributed by atoms with Crippen molar-refractivity contribution >= 4 is 17.4 Å². The lowest BCUT2D eigenvalue weighted by Crippen LogP contribution is -2.21. The van der Waals surface area contributed by atoms with Crippen molar-refractivity contribution in [1.29, 1.82) is 0 Å². The Morgan fingerprint density at radius 1 is 1.12 bits per heavy atom. The van der Waals surface area contributed by atoms with Crippen LogP contribution in [0.5, 0.6) is 0 Å². The van der Waals surface area contributed by atoms with Gasteiger partial charge in [0.15, 0.2) is 0 Å². The normalized spacial score (nSPS) is 13.8. The minimum Gasteiger partial charge on any atom is -0.357 e. The van der Waals surface area contributed by atoms with E-state index in [0.717, 1.165) is 43.0 Å². The molecule has 2 N–H and O–H groups in total. The Balaban J connectivity index is 1.52. The Morgan fingerprint density at radius 3 is 2.80 bits per heavy atom. The Morgan fingerprint density at radius 2 is 2.00 bits per heavy atom. The highest BCUT2D eigenvalue weighted by atomic mass is 16.1. The Hall–Kier alpha value is -3.22. The van der Waals surface area contributed by atoms with Crippen LogP contribution in [0.15, 0.2) is 48.9 Å². The highest BCUT2D eigenvalue weighted by Crippen LogP contribution is 2.21. The van der Waals surface area contributed by atoms with Gasteiger partial charge in [0.1, 0.15) is 17.8 Å². The fourth-order valence-corrected chi connectivity index (χ4v) is 2.97. The van der Waals surface area contributed by atoms with Gasteiger partial charge >= 0.3 is 0 Å². The van der Waals surface area contributed by atoms with E-state index in [9.17, 15) is 4.79 Å². The molecule has 1 aliphatic rings. The first-order chi connectivity index (χ1) is 12.3. The first-order valence-corrected chi connectivity index (χ1v) is 8.28. The number of aromatic amines is 1. The number of nitrogens with zero attached hydrogens (tertiary/aromatic N) is 4. The number of benzene rings is 1. The van der Waals surface area contributed by atoms with E-state index in [1.54, 1.807) is 12.3 Å². The fraction of sp³-hybridized carbons (Fsp3) is 0.222. The summed E-state index contributed by atoms with van der Waals surface area (Å²) in [6, 6.07) is 11.2. The molecule has 7 nitrogen and oxygen atoms in total. The van der Waals surface area contributed by atoms with Gasteiger partial charge in [0.25, 0.3) is 5.91 Å². The van der Waals surface area contributed by atoms with Crippen molar-refractivity contribution in [3.05, 3.63) is 54.6 Å². The quantitative estimate of drug-likeness (QED) is 0.766. The number of nitrogens with one attached hydrogen (secondary N) is 2. The van der Waals surface area contributed by atoms with Gasteiger partial charge in [-0.15, -0.1) is 0 Å². The highest BCUT2D eigenvalue weighted by molar-refractivity contribution is 6.03. The van der Waals surface area contributed by atoms with Crippen molar-refractivity contribution in [1.82, 2.24) is 20.2 Å². The monoisotopic (exact) mass is 334 g/mol. The van der Waals surface area contributed by atoms with Crippen LogP contribution >= 0.6 is 0 Å². The Bertz CT molecular complexity index is 871. The summed E-state index contributed by atoms with van der Waals surface area (Å²) in [5, 5.41) is 9.76. The topological polar surface area (TPSA) is 86.8 Å². The predicted molar refractivity (Wildman–Crippen MR) is 95.5 cm³/mol. The summed E-state index contributed by atoms with van der Waals surface area (Å²) in [5.41, 5.74) is 2.92. The van der Waals surface area contributed by atoms with Crippen molar-refractivity contribution in [2.24, 2.45) is 0 Å². The molecular weight excluding hydrogens is 316 g/mol.